The van der Waals surface area contributed by atoms with Gasteiger partial charge in [-0.05, 0) is 42.3 Å². The lowest BCUT2D eigenvalue weighted by Crippen LogP contribution is -2.46. The Balaban J connectivity index is 1.41. The molecule has 1 saturated heterocycles. The van der Waals surface area contributed by atoms with Crippen molar-refractivity contribution in [3.8, 4) is 17.2 Å². The van der Waals surface area contributed by atoms with E-state index in [4.69, 9.17) is 13.6 Å². The molecule has 0 spiro atoms. The molecule has 2 N–H and O–H groups in total. The third-order valence-electron chi connectivity index (χ3n) is 6.14. The predicted molar refractivity (Wildman–Crippen MR) is 125 cm³/mol. The number of oxazole rings is 1. The topological polar surface area (TPSA) is 122 Å². The van der Waals surface area contributed by atoms with E-state index in [-0.39, 0.29) is 5.91 Å². The summed E-state index contributed by atoms with van der Waals surface area (Å²) in [6.07, 6.45) is 2.17. The normalized spacial score (nSPS) is 17.4. The summed E-state index contributed by atoms with van der Waals surface area (Å²) >= 11 is 0. The molecule has 0 radical (unpaired) electrons. The van der Waals surface area contributed by atoms with E-state index in [2.05, 4.69) is 16.7 Å². The molecule has 9 nitrogen and oxygen atoms in total. The highest BCUT2D eigenvalue weighted by atomic mass is 16.5. The van der Waals surface area contributed by atoms with Gasteiger partial charge in [0, 0.05) is 37.6 Å². The number of amides is 1. The van der Waals surface area contributed by atoms with E-state index < -0.39 is 17.9 Å². The van der Waals surface area contributed by atoms with Crippen LogP contribution in [0.4, 0.5) is 0 Å². The fourth-order valence-corrected chi connectivity index (χ4v) is 4.32. The standard InChI is InChI=1S/C25H24N4O5/c1-29-20-12-16(4-6-21(20)34-25(29)31)18-5-3-15(19-7-10-33-23(18)19)11-17(13-26)28-24(30)22-14-27-8-2-9-32-22/h3-7,10,12,17,22,27H,2,8-9,11,14H2,1H3,(H,28,30)/t17?,22-/m0/s1. The van der Waals surface area contributed by atoms with E-state index in [1.807, 2.05) is 30.3 Å². The lowest BCUT2D eigenvalue weighted by molar-refractivity contribution is -0.132. The minimum absolute atomic E-state index is 0.292. The number of rotatable bonds is 5. The van der Waals surface area contributed by atoms with Gasteiger partial charge in [-0.15, -0.1) is 0 Å². The zero-order valence-electron chi connectivity index (χ0n) is 18.7. The average molecular weight is 460 g/mol. The minimum Gasteiger partial charge on any atom is -0.464 e. The highest BCUT2D eigenvalue weighted by Gasteiger charge is 2.24. The quantitative estimate of drug-likeness (QED) is 0.469. The molecule has 2 aromatic carbocycles. The number of nitrogens with zero attached hydrogens (tertiary/aromatic N) is 2. The van der Waals surface area contributed by atoms with Gasteiger partial charge in [-0.3, -0.25) is 9.36 Å². The monoisotopic (exact) mass is 460 g/mol. The van der Waals surface area contributed by atoms with Crippen molar-refractivity contribution < 1.29 is 18.4 Å². The van der Waals surface area contributed by atoms with Gasteiger partial charge in [0.2, 0.25) is 0 Å². The van der Waals surface area contributed by atoms with Gasteiger partial charge >= 0.3 is 5.76 Å². The van der Waals surface area contributed by atoms with Gasteiger partial charge < -0.3 is 24.2 Å². The number of carbonyl (C=O) groups excluding carboxylic acids is 1. The van der Waals surface area contributed by atoms with Gasteiger partial charge in [0.25, 0.3) is 5.91 Å². The number of carbonyl (C=O) groups is 1. The van der Waals surface area contributed by atoms with Crippen molar-refractivity contribution >= 4 is 28.0 Å². The zero-order valence-corrected chi connectivity index (χ0v) is 18.7. The summed E-state index contributed by atoms with van der Waals surface area (Å²) in [6, 6.07) is 12.7. The molecule has 1 amide bonds. The van der Waals surface area contributed by atoms with Crippen molar-refractivity contribution in [3.63, 3.8) is 0 Å². The second-order valence-corrected chi connectivity index (χ2v) is 8.36. The first kappa shape index (κ1) is 21.9. The van der Waals surface area contributed by atoms with Crippen molar-refractivity contribution in [2.45, 2.75) is 25.0 Å². The summed E-state index contributed by atoms with van der Waals surface area (Å²) in [5, 5.41) is 16.5. The second-order valence-electron chi connectivity index (χ2n) is 8.36. The first-order valence-electron chi connectivity index (χ1n) is 11.2. The molecule has 5 rings (SSSR count). The van der Waals surface area contributed by atoms with Crippen LogP contribution in [0.5, 0.6) is 0 Å². The number of fused-ring (bicyclic) bond motifs is 2. The number of ether oxygens (including phenoxy) is 1. The highest BCUT2D eigenvalue weighted by molar-refractivity contribution is 5.96. The molecule has 0 saturated carbocycles. The summed E-state index contributed by atoms with van der Waals surface area (Å²) in [6.45, 7) is 1.75. The predicted octanol–water partition coefficient (Wildman–Crippen LogP) is 2.47. The largest absolute Gasteiger partial charge is 0.464 e. The molecule has 0 aliphatic carbocycles. The van der Waals surface area contributed by atoms with Crippen molar-refractivity contribution in [1.82, 2.24) is 15.2 Å². The van der Waals surface area contributed by atoms with Crippen LogP contribution in [0, 0.1) is 11.3 Å². The molecule has 4 aromatic rings. The van der Waals surface area contributed by atoms with Crippen LogP contribution in [0.3, 0.4) is 0 Å². The Kier molecular flexibility index (Phi) is 5.92. The summed E-state index contributed by atoms with van der Waals surface area (Å²) in [5.74, 6) is -0.708. The van der Waals surface area contributed by atoms with Crippen LogP contribution in [-0.2, 0) is 23.0 Å². The zero-order chi connectivity index (χ0) is 23.7. The molecule has 1 unspecified atom stereocenters. The summed E-state index contributed by atoms with van der Waals surface area (Å²) in [5.41, 5.74) is 4.49. The first-order valence-corrected chi connectivity index (χ1v) is 11.2. The van der Waals surface area contributed by atoms with Gasteiger partial charge in [-0.25, -0.2) is 4.79 Å². The van der Waals surface area contributed by atoms with E-state index in [1.165, 1.54) is 4.57 Å². The number of nitrogens with one attached hydrogen (secondary N) is 2. The summed E-state index contributed by atoms with van der Waals surface area (Å²) in [7, 11) is 1.66. The van der Waals surface area contributed by atoms with Crippen LogP contribution in [0.2, 0.25) is 0 Å². The number of furan rings is 1. The molecule has 174 valence electrons. The lowest BCUT2D eigenvalue weighted by atomic mass is 9.96. The molecule has 9 heteroatoms. The maximum Gasteiger partial charge on any atom is 0.419 e. The second kappa shape index (κ2) is 9.17. The summed E-state index contributed by atoms with van der Waals surface area (Å²) in [4.78, 5) is 24.5. The third-order valence-corrected chi connectivity index (χ3v) is 6.14. The molecule has 34 heavy (non-hydrogen) atoms. The van der Waals surface area contributed by atoms with Gasteiger partial charge in [-0.1, -0.05) is 18.2 Å². The van der Waals surface area contributed by atoms with Crippen molar-refractivity contribution in [2.24, 2.45) is 7.05 Å². The third kappa shape index (κ3) is 4.09. The Hall–Kier alpha value is -3.87. The Morgan fingerprint density at radius 3 is 3.06 bits per heavy atom. The van der Waals surface area contributed by atoms with Crippen LogP contribution in [0.25, 0.3) is 33.2 Å². The molecule has 1 fully saturated rings. The Morgan fingerprint density at radius 2 is 2.21 bits per heavy atom. The average Bonchev–Trinajstić information content (AvgIpc) is 3.32. The van der Waals surface area contributed by atoms with Crippen LogP contribution in [-0.4, -0.2) is 42.3 Å². The van der Waals surface area contributed by atoms with Gasteiger partial charge in [0.15, 0.2) is 5.58 Å². The molecular formula is C25H24N4O5. The van der Waals surface area contributed by atoms with Crippen molar-refractivity contribution in [2.75, 3.05) is 19.7 Å². The minimum atomic E-state index is -0.708. The molecular weight excluding hydrogens is 436 g/mol. The van der Waals surface area contributed by atoms with Crippen LogP contribution >= 0.6 is 0 Å². The van der Waals surface area contributed by atoms with Crippen molar-refractivity contribution in [3.05, 3.63) is 58.8 Å². The molecule has 1 aliphatic rings. The lowest BCUT2D eigenvalue weighted by Gasteiger charge is -2.18. The fourth-order valence-electron chi connectivity index (χ4n) is 4.32. The molecule has 1 aliphatic heterocycles. The van der Waals surface area contributed by atoms with E-state index in [0.717, 1.165) is 35.0 Å². The smallest absolute Gasteiger partial charge is 0.419 e. The number of nitriles is 1. The van der Waals surface area contributed by atoms with Crippen molar-refractivity contribution in [1.29, 1.82) is 5.26 Å². The number of hydrogen-bond donors (Lipinski definition) is 2. The Bertz CT molecular complexity index is 1450. The van der Waals surface area contributed by atoms with Gasteiger partial charge in [0.1, 0.15) is 17.7 Å². The maximum absolute atomic E-state index is 12.6. The highest BCUT2D eigenvalue weighted by Crippen LogP contribution is 2.33. The van der Waals surface area contributed by atoms with Gasteiger partial charge in [0.05, 0.1) is 17.8 Å². The van der Waals surface area contributed by atoms with Crippen LogP contribution in [0.1, 0.15) is 12.0 Å². The molecule has 2 atom stereocenters. The Morgan fingerprint density at radius 1 is 1.32 bits per heavy atom. The summed E-state index contributed by atoms with van der Waals surface area (Å²) < 4.78 is 18.1. The number of hydrogen-bond acceptors (Lipinski definition) is 7. The number of aryl methyl sites for hydroxylation is 1. The molecule has 0 bridgehead atoms. The van der Waals surface area contributed by atoms with Gasteiger partial charge in [-0.2, -0.15) is 5.26 Å². The Labute approximate surface area is 194 Å². The first-order chi connectivity index (χ1) is 16.5. The number of aromatic nitrogens is 1. The van der Waals surface area contributed by atoms with Crippen LogP contribution < -0.4 is 16.4 Å². The fraction of sp³-hybridized carbons (Fsp3) is 0.320. The maximum atomic E-state index is 12.6. The molecule has 3 heterocycles. The SMILES string of the molecule is Cn1c(=O)oc2ccc(-c3ccc(CC(C#N)NC(=O)[C@@H]4CNCCCO4)c4ccoc34)cc21. The number of benzene rings is 2. The van der Waals surface area contributed by atoms with E-state index in [9.17, 15) is 14.9 Å². The van der Waals surface area contributed by atoms with E-state index in [1.54, 1.807) is 19.4 Å². The van der Waals surface area contributed by atoms with Crippen LogP contribution in [0.15, 0.2) is 56.3 Å². The molecule has 2 aromatic heterocycles. The van der Waals surface area contributed by atoms with E-state index in [0.29, 0.717) is 36.3 Å². The van der Waals surface area contributed by atoms with E-state index >= 15 is 0 Å².